The van der Waals surface area contributed by atoms with E-state index in [1.165, 1.54) is 17.7 Å². The second kappa shape index (κ2) is 4.93. The summed E-state index contributed by atoms with van der Waals surface area (Å²) in [6.45, 7) is 3.85. The van der Waals surface area contributed by atoms with Crippen LogP contribution in [0.5, 0.6) is 0 Å². The third-order valence-corrected chi connectivity index (χ3v) is 2.57. The molecule has 0 nitrogen and oxygen atoms in total. The summed E-state index contributed by atoms with van der Waals surface area (Å²) in [6.07, 6.45) is 1.88. The van der Waals surface area contributed by atoms with Crippen LogP contribution in [0.15, 0.2) is 48.5 Å². The van der Waals surface area contributed by atoms with Crippen molar-refractivity contribution >= 4 is 0 Å². The maximum absolute atomic E-state index is 12.8. The highest BCUT2D eigenvalue weighted by atomic mass is 19.1. The number of benzene rings is 2. The summed E-state index contributed by atoms with van der Waals surface area (Å²) in [5, 5.41) is 0. The van der Waals surface area contributed by atoms with Gasteiger partial charge in [-0.1, -0.05) is 43.3 Å². The Hall–Kier alpha value is -1.63. The van der Waals surface area contributed by atoms with Gasteiger partial charge in [-0.3, -0.25) is 0 Å². The molecule has 0 unspecified atom stereocenters. The molecule has 16 heavy (non-hydrogen) atoms. The van der Waals surface area contributed by atoms with Gasteiger partial charge in [-0.15, -0.1) is 0 Å². The van der Waals surface area contributed by atoms with Crippen LogP contribution >= 0.6 is 0 Å². The van der Waals surface area contributed by atoms with Crippen molar-refractivity contribution in [1.29, 1.82) is 0 Å². The van der Waals surface area contributed by atoms with Crippen molar-refractivity contribution in [1.82, 2.24) is 0 Å². The number of hydrogen-bond donors (Lipinski definition) is 0. The molecule has 2 rings (SSSR count). The normalized spacial score (nSPS) is 10.4. The number of rotatable bonds is 3. The van der Waals surface area contributed by atoms with Crippen LogP contribution in [0, 0.1) is 12.7 Å². The molecule has 0 aliphatic heterocycles. The SMILES string of the molecule is [CH2]CCc1cccc(-c2ccc(F)cc2)c1. The number of hydrogen-bond acceptors (Lipinski definition) is 0. The summed E-state index contributed by atoms with van der Waals surface area (Å²) >= 11 is 0. The molecular weight excluding hydrogens is 199 g/mol. The number of halogens is 1. The molecule has 0 spiro atoms. The molecule has 0 heterocycles. The van der Waals surface area contributed by atoms with E-state index in [0.29, 0.717) is 0 Å². The molecule has 1 heteroatoms. The molecule has 0 saturated heterocycles. The molecule has 0 bridgehead atoms. The fourth-order valence-electron chi connectivity index (χ4n) is 1.75. The van der Waals surface area contributed by atoms with E-state index in [-0.39, 0.29) is 5.82 Å². The Kier molecular flexibility index (Phi) is 3.35. The van der Waals surface area contributed by atoms with Gasteiger partial charge in [0.25, 0.3) is 0 Å². The molecule has 0 aliphatic rings. The van der Waals surface area contributed by atoms with E-state index in [2.05, 4.69) is 19.1 Å². The van der Waals surface area contributed by atoms with Crippen molar-refractivity contribution in [3.63, 3.8) is 0 Å². The van der Waals surface area contributed by atoms with Gasteiger partial charge in [0.1, 0.15) is 5.82 Å². The quantitative estimate of drug-likeness (QED) is 0.714. The monoisotopic (exact) mass is 213 g/mol. The van der Waals surface area contributed by atoms with Crippen molar-refractivity contribution < 1.29 is 4.39 Å². The Balaban J connectivity index is 2.32. The maximum atomic E-state index is 12.8. The first kappa shape index (κ1) is 10.9. The average Bonchev–Trinajstić information content (AvgIpc) is 2.31. The van der Waals surface area contributed by atoms with Crippen molar-refractivity contribution in [3.8, 4) is 11.1 Å². The van der Waals surface area contributed by atoms with Gasteiger partial charge >= 0.3 is 0 Å². The summed E-state index contributed by atoms with van der Waals surface area (Å²) < 4.78 is 12.8. The van der Waals surface area contributed by atoms with Crippen LogP contribution in [0.25, 0.3) is 11.1 Å². The van der Waals surface area contributed by atoms with Crippen LogP contribution in [-0.2, 0) is 6.42 Å². The minimum Gasteiger partial charge on any atom is -0.207 e. The van der Waals surface area contributed by atoms with Gasteiger partial charge in [-0.05, 0) is 41.7 Å². The first-order valence-electron chi connectivity index (χ1n) is 5.44. The molecule has 0 aliphatic carbocycles. The Morgan fingerprint density at radius 3 is 2.38 bits per heavy atom. The smallest absolute Gasteiger partial charge is 0.123 e. The lowest BCUT2D eigenvalue weighted by Crippen LogP contribution is -1.85. The van der Waals surface area contributed by atoms with Crippen LogP contribution in [0.1, 0.15) is 12.0 Å². The third kappa shape index (κ3) is 2.48. The van der Waals surface area contributed by atoms with Crippen LogP contribution in [0.4, 0.5) is 4.39 Å². The van der Waals surface area contributed by atoms with Crippen molar-refractivity contribution in [3.05, 3.63) is 66.8 Å². The van der Waals surface area contributed by atoms with Crippen LogP contribution in [-0.4, -0.2) is 0 Å². The summed E-state index contributed by atoms with van der Waals surface area (Å²) in [6, 6.07) is 14.9. The molecule has 0 atom stereocenters. The Morgan fingerprint density at radius 1 is 0.938 bits per heavy atom. The molecule has 1 radical (unpaired) electrons. The van der Waals surface area contributed by atoms with E-state index in [1.807, 2.05) is 12.1 Å². The standard InChI is InChI=1S/C15H14F/c1-2-4-12-5-3-6-14(11-12)13-7-9-15(16)10-8-13/h3,5-11H,1-2,4H2. The average molecular weight is 213 g/mol. The summed E-state index contributed by atoms with van der Waals surface area (Å²) in [5.41, 5.74) is 3.45. The van der Waals surface area contributed by atoms with E-state index in [0.717, 1.165) is 24.0 Å². The van der Waals surface area contributed by atoms with Gasteiger partial charge < -0.3 is 0 Å². The van der Waals surface area contributed by atoms with E-state index >= 15 is 0 Å². The molecule has 2 aromatic rings. The van der Waals surface area contributed by atoms with Gasteiger partial charge in [-0.25, -0.2) is 4.39 Å². The minimum absolute atomic E-state index is 0.197. The van der Waals surface area contributed by atoms with Crippen molar-refractivity contribution in [2.24, 2.45) is 0 Å². The van der Waals surface area contributed by atoms with E-state index in [9.17, 15) is 4.39 Å². The zero-order valence-electron chi connectivity index (χ0n) is 9.12. The lowest BCUT2D eigenvalue weighted by molar-refractivity contribution is 0.628. The summed E-state index contributed by atoms with van der Waals surface area (Å²) in [5.74, 6) is -0.197. The molecular formula is C15H14F. The Morgan fingerprint density at radius 2 is 1.69 bits per heavy atom. The molecule has 0 amide bonds. The first-order chi connectivity index (χ1) is 7.79. The van der Waals surface area contributed by atoms with Crippen LogP contribution in [0.3, 0.4) is 0 Å². The highest BCUT2D eigenvalue weighted by Crippen LogP contribution is 2.21. The lowest BCUT2D eigenvalue weighted by Gasteiger charge is -2.04. The van der Waals surface area contributed by atoms with Crippen molar-refractivity contribution in [2.45, 2.75) is 12.8 Å². The first-order valence-corrected chi connectivity index (χ1v) is 5.44. The largest absolute Gasteiger partial charge is 0.207 e. The lowest BCUT2D eigenvalue weighted by atomic mass is 10.0. The predicted octanol–water partition coefficient (Wildman–Crippen LogP) is 4.26. The summed E-state index contributed by atoms with van der Waals surface area (Å²) in [7, 11) is 0. The van der Waals surface area contributed by atoms with Gasteiger partial charge in [0.15, 0.2) is 0 Å². The van der Waals surface area contributed by atoms with Gasteiger partial charge in [0.05, 0.1) is 0 Å². The molecule has 0 saturated carbocycles. The highest BCUT2D eigenvalue weighted by molar-refractivity contribution is 5.64. The van der Waals surface area contributed by atoms with E-state index < -0.39 is 0 Å². The van der Waals surface area contributed by atoms with Crippen molar-refractivity contribution in [2.75, 3.05) is 0 Å². The van der Waals surface area contributed by atoms with Gasteiger partial charge in [-0.2, -0.15) is 0 Å². The number of aryl methyl sites for hydroxylation is 1. The van der Waals surface area contributed by atoms with Crippen LogP contribution < -0.4 is 0 Å². The molecule has 0 N–H and O–H groups in total. The van der Waals surface area contributed by atoms with E-state index in [1.54, 1.807) is 12.1 Å². The van der Waals surface area contributed by atoms with E-state index in [4.69, 9.17) is 0 Å². The Bertz CT molecular complexity index is 457. The van der Waals surface area contributed by atoms with Gasteiger partial charge in [0, 0.05) is 0 Å². The third-order valence-electron chi connectivity index (χ3n) is 2.57. The van der Waals surface area contributed by atoms with Crippen LogP contribution in [0.2, 0.25) is 0 Å². The fraction of sp³-hybridized carbons (Fsp3) is 0.133. The molecule has 81 valence electrons. The molecule has 2 aromatic carbocycles. The zero-order chi connectivity index (χ0) is 11.4. The summed E-state index contributed by atoms with van der Waals surface area (Å²) in [4.78, 5) is 0. The predicted molar refractivity (Wildman–Crippen MR) is 65.5 cm³/mol. The molecule has 0 aromatic heterocycles. The molecule has 0 fully saturated rings. The second-order valence-electron chi connectivity index (χ2n) is 3.81. The topological polar surface area (TPSA) is 0 Å². The second-order valence-corrected chi connectivity index (χ2v) is 3.81. The fourth-order valence-corrected chi connectivity index (χ4v) is 1.75. The van der Waals surface area contributed by atoms with Gasteiger partial charge in [0.2, 0.25) is 0 Å². The minimum atomic E-state index is -0.197. The zero-order valence-corrected chi connectivity index (χ0v) is 9.12. The Labute approximate surface area is 95.7 Å². The maximum Gasteiger partial charge on any atom is 0.123 e. The highest BCUT2D eigenvalue weighted by Gasteiger charge is 1.99.